The molecule has 0 fully saturated rings. The van der Waals surface area contributed by atoms with Crippen LogP contribution in [0.25, 0.3) is 0 Å². The lowest BCUT2D eigenvalue weighted by atomic mass is 9.89. The van der Waals surface area contributed by atoms with Crippen molar-refractivity contribution in [2.45, 2.75) is 65.4 Å². The lowest BCUT2D eigenvalue weighted by Crippen LogP contribution is -2.28. The molecular weight excluding hydrogens is 240 g/mol. The number of ether oxygens (including phenoxy) is 1. The molecule has 106 valence electrons. The minimum atomic E-state index is -0.499. The molecule has 1 aliphatic heterocycles. The minimum absolute atomic E-state index is 0.157. The lowest BCUT2D eigenvalue weighted by molar-refractivity contribution is -0.146. The monoisotopic (exact) mass is 264 g/mol. The predicted octanol–water partition coefficient (Wildman–Crippen LogP) is 3.73. The second kappa shape index (κ2) is 6.69. The highest BCUT2D eigenvalue weighted by Crippen LogP contribution is 2.35. The molecule has 0 spiro atoms. The Labute approximate surface area is 115 Å². The maximum Gasteiger partial charge on any atom is 0.334 e. The van der Waals surface area contributed by atoms with E-state index in [9.17, 15) is 9.59 Å². The second-order valence-corrected chi connectivity index (χ2v) is 5.13. The largest absolute Gasteiger partial charge is 0.451 e. The number of Topliss-reactive ketones (excluding diaryl/α,β-unsaturated/α-hetero) is 1. The van der Waals surface area contributed by atoms with Crippen LogP contribution in [0.15, 0.2) is 23.3 Å². The standard InChI is InChI=1S/C16H24O3/c1-5-13(9-8-12(4)17)10-16(7-3)11-14(6-2)15(18)19-16/h9,11H,5-8,10H2,1-4H3/b13-9+/t16-/m1/s1. The zero-order chi connectivity index (χ0) is 14.5. The molecule has 0 unspecified atom stereocenters. The Morgan fingerprint density at radius 1 is 1.37 bits per heavy atom. The molecule has 0 aromatic carbocycles. The molecule has 0 N–H and O–H groups in total. The van der Waals surface area contributed by atoms with Crippen molar-refractivity contribution >= 4 is 11.8 Å². The molecule has 0 aliphatic carbocycles. The van der Waals surface area contributed by atoms with Gasteiger partial charge in [0.25, 0.3) is 0 Å². The van der Waals surface area contributed by atoms with E-state index in [0.29, 0.717) is 19.3 Å². The number of allylic oxidation sites excluding steroid dienone is 1. The summed E-state index contributed by atoms with van der Waals surface area (Å²) in [6, 6.07) is 0. The molecular formula is C16H24O3. The van der Waals surface area contributed by atoms with Gasteiger partial charge in [-0.25, -0.2) is 4.79 Å². The van der Waals surface area contributed by atoms with Crippen molar-refractivity contribution in [1.82, 2.24) is 0 Å². The number of carbonyl (C=O) groups excluding carboxylic acids is 2. The van der Waals surface area contributed by atoms with Crippen molar-refractivity contribution in [2.75, 3.05) is 0 Å². The zero-order valence-corrected chi connectivity index (χ0v) is 12.4. The number of hydrogen-bond acceptors (Lipinski definition) is 3. The summed E-state index contributed by atoms with van der Waals surface area (Å²) in [5.74, 6) is -0.0314. The topological polar surface area (TPSA) is 43.4 Å². The Balaban J connectivity index is 2.87. The summed E-state index contributed by atoms with van der Waals surface area (Å²) >= 11 is 0. The van der Waals surface area contributed by atoms with Crippen LogP contribution in [0.2, 0.25) is 0 Å². The quantitative estimate of drug-likeness (QED) is 0.520. The van der Waals surface area contributed by atoms with Crippen LogP contribution < -0.4 is 0 Å². The van der Waals surface area contributed by atoms with Gasteiger partial charge in [0, 0.05) is 18.4 Å². The smallest absolute Gasteiger partial charge is 0.334 e. The van der Waals surface area contributed by atoms with E-state index in [2.05, 4.69) is 6.92 Å². The first-order valence-electron chi connectivity index (χ1n) is 7.08. The number of esters is 1. The van der Waals surface area contributed by atoms with Gasteiger partial charge in [-0.1, -0.05) is 32.4 Å². The Morgan fingerprint density at radius 2 is 2.05 bits per heavy atom. The summed E-state index contributed by atoms with van der Waals surface area (Å²) in [6.07, 6.45) is 7.46. The second-order valence-electron chi connectivity index (χ2n) is 5.13. The minimum Gasteiger partial charge on any atom is -0.451 e. The van der Waals surface area contributed by atoms with E-state index in [1.165, 1.54) is 5.57 Å². The van der Waals surface area contributed by atoms with Crippen molar-refractivity contribution < 1.29 is 14.3 Å². The van der Waals surface area contributed by atoms with Gasteiger partial charge in [0.1, 0.15) is 11.4 Å². The van der Waals surface area contributed by atoms with Crippen LogP contribution in [-0.4, -0.2) is 17.4 Å². The Morgan fingerprint density at radius 3 is 2.47 bits per heavy atom. The molecule has 0 saturated heterocycles. The summed E-state index contributed by atoms with van der Waals surface area (Å²) in [5.41, 5.74) is 1.45. The van der Waals surface area contributed by atoms with Gasteiger partial charge in [-0.05, 0) is 32.3 Å². The maximum atomic E-state index is 11.8. The van der Waals surface area contributed by atoms with Crippen LogP contribution in [-0.2, 0) is 14.3 Å². The van der Waals surface area contributed by atoms with Gasteiger partial charge in [0.15, 0.2) is 0 Å². The summed E-state index contributed by atoms with van der Waals surface area (Å²) in [5, 5.41) is 0. The van der Waals surface area contributed by atoms with Crippen molar-refractivity contribution in [3.63, 3.8) is 0 Å². The van der Waals surface area contributed by atoms with Gasteiger partial charge in [0.05, 0.1) is 0 Å². The summed E-state index contributed by atoms with van der Waals surface area (Å²) < 4.78 is 5.58. The molecule has 0 bridgehead atoms. The molecule has 0 radical (unpaired) electrons. The third-order valence-electron chi connectivity index (χ3n) is 3.63. The van der Waals surface area contributed by atoms with Gasteiger partial charge in [-0.15, -0.1) is 0 Å². The number of carbonyl (C=O) groups is 2. The SMILES string of the molecule is CCC1=C[C@@](CC)(C/C(=C/CC(C)=O)CC)OC1=O. The number of hydrogen-bond donors (Lipinski definition) is 0. The highest BCUT2D eigenvalue weighted by Gasteiger charge is 2.38. The fourth-order valence-electron chi connectivity index (χ4n) is 2.30. The number of ketones is 1. The average molecular weight is 264 g/mol. The van der Waals surface area contributed by atoms with E-state index in [1.807, 2.05) is 26.0 Å². The summed E-state index contributed by atoms with van der Waals surface area (Å²) in [4.78, 5) is 22.8. The van der Waals surface area contributed by atoms with Crippen LogP contribution in [0.3, 0.4) is 0 Å². The normalized spacial score (nSPS) is 23.3. The molecule has 0 saturated carbocycles. The first-order valence-corrected chi connectivity index (χ1v) is 7.08. The van der Waals surface area contributed by atoms with Crippen molar-refractivity contribution in [3.8, 4) is 0 Å². The van der Waals surface area contributed by atoms with Gasteiger partial charge >= 0.3 is 5.97 Å². The molecule has 1 aliphatic rings. The van der Waals surface area contributed by atoms with E-state index in [-0.39, 0.29) is 11.8 Å². The van der Waals surface area contributed by atoms with Crippen LogP contribution in [0.4, 0.5) is 0 Å². The third kappa shape index (κ3) is 4.05. The highest BCUT2D eigenvalue weighted by molar-refractivity contribution is 5.91. The van der Waals surface area contributed by atoms with E-state index < -0.39 is 5.60 Å². The van der Waals surface area contributed by atoms with Gasteiger partial charge in [-0.2, -0.15) is 0 Å². The zero-order valence-electron chi connectivity index (χ0n) is 12.4. The van der Waals surface area contributed by atoms with Gasteiger partial charge < -0.3 is 4.74 Å². The van der Waals surface area contributed by atoms with Crippen molar-refractivity contribution in [1.29, 1.82) is 0 Å². The number of rotatable bonds is 7. The average Bonchev–Trinajstić information content (AvgIpc) is 2.71. The Hall–Kier alpha value is -1.38. The molecule has 0 aromatic rings. The van der Waals surface area contributed by atoms with Crippen LogP contribution in [0, 0.1) is 0 Å². The van der Waals surface area contributed by atoms with E-state index in [0.717, 1.165) is 18.4 Å². The van der Waals surface area contributed by atoms with Gasteiger partial charge in [0.2, 0.25) is 0 Å². The van der Waals surface area contributed by atoms with Crippen LogP contribution in [0.1, 0.15) is 59.8 Å². The fourth-order valence-corrected chi connectivity index (χ4v) is 2.30. The predicted molar refractivity (Wildman–Crippen MR) is 75.8 cm³/mol. The van der Waals surface area contributed by atoms with E-state index in [1.54, 1.807) is 6.92 Å². The molecule has 1 heterocycles. The third-order valence-corrected chi connectivity index (χ3v) is 3.63. The first-order chi connectivity index (χ1) is 8.96. The molecule has 0 amide bonds. The molecule has 0 aromatic heterocycles. The van der Waals surface area contributed by atoms with Gasteiger partial charge in [-0.3, -0.25) is 4.79 Å². The molecule has 19 heavy (non-hydrogen) atoms. The molecule has 1 rings (SSSR count). The molecule has 3 heteroatoms. The Bertz CT molecular complexity index is 418. The molecule has 3 nitrogen and oxygen atoms in total. The lowest BCUT2D eigenvalue weighted by Gasteiger charge is -2.26. The summed E-state index contributed by atoms with van der Waals surface area (Å²) in [7, 11) is 0. The maximum absolute atomic E-state index is 11.8. The fraction of sp³-hybridized carbons (Fsp3) is 0.625. The summed E-state index contributed by atoms with van der Waals surface area (Å²) in [6.45, 7) is 7.65. The van der Waals surface area contributed by atoms with E-state index in [4.69, 9.17) is 4.74 Å². The highest BCUT2D eigenvalue weighted by atomic mass is 16.6. The van der Waals surface area contributed by atoms with Crippen LogP contribution >= 0.6 is 0 Å². The Kier molecular flexibility index (Phi) is 5.52. The van der Waals surface area contributed by atoms with Crippen LogP contribution in [0.5, 0.6) is 0 Å². The number of cyclic esters (lactones) is 1. The van der Waals surface area contributed by atoms with Crippen molar-refractivity contribution in [2.24, 2.45) is 0 Å². The molecule has 1 atom stereocenters. The first kappa shape index (κ1) is 15.7. The van der Waals surface area contributed by atoms with Crippen molar-refractivity contribution in [3.05, 3.63) is 23.3 Å². The van der Waals surface area contributed by atoms with E-state index >= 15 is 0 Å².